The lowest BCUT2D eigenvalue weighted by atomic mass is 10.0. The molecule has 1 amide bonds. The zero-order valence-corrected chi connectivity index (χ0v) is 23.3. The number of carbonyl (C=O) groups is 1. The number of sulfonamides is 1. The molecular formula is C30H33N5O4S. The Morgan fingerprint density at radius 2 is 1.93 bits per heavy atom. The van der Waals surface area contributed by atoms with Gasteiger partial charge in [0.05, 0.1) is 16.7 Å². The number of hydrogen-bond donors (Lipinski definition) is 1. The highest BCUT2D eigenvalue weighted by atomic mass is 32.2. The molecule has 0 saturated carbocycles. The van der Waals surface area contributed by atoms with Gasteiger partial charge in [-0.2, -0.15) is 14.7 Å². The van der Waals surface area contributed by atoms with Gasteiger partial charge in [0, 0.05) is 43.6 Å². The van der Waals surface area contributed by atoms with Crippen LogP contribution in [0, 0.1) is 17.2 Å². The number of ether oxygens (including phenoxy) is 1. The molecule has 3 aromatic rings. The number of rotatable bonds is 8. The average Bonchev–Trinajstić information content (AvgIpc) is 3.66. The van der Waals surface area contributed by atoms with Crippen LogP contribution in [0.2, 0.25) is 0 Å². The molecule has 9 nitrogen and oxygen atoms in total. The van der Waals surface area contributed by atoms with Crippen molar-refractivity contribution in [3.8, 4) is 23.0 Å². The van der Waals surface area contributed by atoms with Crippen LogP contribution in [0.1, 0.15) is 38.2 Å². The molecule has 0 radical (unpaired) electrons. The van der Waals surface area contributed by atoms with E-state index >= 15 is 0 Å². The van der Waals surface area contributed by atoms with Crippen molar-refractivity contribution in [2.45, 2.75) is 43.6 Å². The normalized spacial score (nSPS) is 18.9. The third-order valence-corrected chi connectivity index (χ3v) is 9.32. The maximum absolute atomic E-state index is 13.5. The van der Waals surface area contributed by atoms with Crippen molar-refractivity contribution in [1.82, 2.24) is 19.4 Å². The van der Waals surface area contributed by atoms with Gasteiger partial charge in [-0.1, -0.05) is 37.3 Å². The van der Waals surface area contributed by atoms with E-state index in [1.807, 2.05) is 36.4 Å². The average molecular weight is 560 g/mol. The van der Waals surface area contributed by atoms with Crippen molar-refractivity contribution < 1.29 is 17.9 Å². The number of nitrogens with one attached hydrogen (secondary N) is 1. The van der Waals surface area contributed by atoms with Crippen molar-refractivity contribution in [3.05, 3.63) is 71.9 Å². The first-order valence-corrected chi connectivity index (χ1v) is 15.1. The molecule has 2 aliphatic heterocycles. The van der Waals surface area contributed by atoms with E-state index in [1.54, 1.807) is 39.4 Å². The Morgan fingerprint density at radius 3 is 2.62 bits per heavy atom. The van der Waals surface area contributed by atoms with Crippen molar-refractivity contribution in [3.63, 3.8) is 0 Å². The number of aromatic nitrogens is 2. The minimum atomic E-state index is -3.68. The summed E-state index contributed by atoms with van der Waals surface area (Å²) in [6, 6.07) is 18.2. The lowest BCUT2D eigenvalue weighted by Gasteiger charge is -2.29. The smallest absolute Gasteiger partial charge is 0.262 e. The van der Waals surface area contributed by atoms with E-state index < -0.39 is 15.9 Å². The van der Waals surface area contributed by atoms with Crippen LogP contribution in [0.15, 0.2) is 71.3 Å². The van der Waals surface area contributed by atoms with E-state index in [4.69, 9.17) is 9.84 Å². The first kappa shape index (κ1) is 27.8. The van der Waals surface area contributed by atoms with Crippen LogP contribution in [-0.4, -0.2) is 60.8 Å². The van der Waals surface area contributed by atoms with Crippen LogP contribution in [-0.2, 0) is 19.6 Å². The van der Waals surface area contributed by atoms with Gasteiger partial charge in [-0.3, -0.25) is 4.79 Å². The predicted molar refractivity (Wildman–Crippen MR) is 152 cm³/mol. The first-order chi connectivity index (χ1) is 19.3. The molecule has 2 fully saturated rings. The molecule has 1 atom stereocenters. The quantitative estimate of drug-likeness (QED) is 0.327. The minimum absolute atomic E-state index is 0.0481. The second-order valence-electron chi connectivity index (χ2n) is 10.3. The fourth-order valence-corrected chi connectivity index (χ4v) is 6.54. The van der Waals surface area contributed by atoms with Gasteiger partial charge in [-0.25, -0.2) is 13.1 Å². The van der Waals surface area contributed by atoms with E-state index in [9.17, 15) is 18.5 Å². The number of amides is 1. The number of hydrogen-bond acceptors (Lipinski definition) is 6. The van der Waals surface area contributed by atoms with Gasteiger partial charge >= 0.3 is 0 Å². The zero-order chi connectivity index (χ0) is 28.1. The summed E-state index contributed by atoms with van der Waals surface area (Å²) in [7, 11) is -3.68. The lowest BCUT2D eigenvalue weighted by Crippen LogP contribution is -2.37. The van der Waals surface area contributed by atoms with Crippen LogP contribution >= 0.6 is 0 Å². The molecule has 10 heteroatoms. The van der Waals surface area contributed by atoms with Gasteiger partial charge in [0.15, 0.2) is 0 Å². The summed E-state index contributed by atoms with van der Waals surface area (Å²) in [5.41, 5.74) is 2.28. The second kappa shape index (κ2) is 12.2. The van der Waals surface area contributed by atoms with Crippen LogP contribution < -0.4 is 5.32 Å². The van der Waals surface area contributed by atoms with Crippen LogP contribution in [0.3, 0.4) is 0 Å². The van der Waals surface area contributed by atoms with Crippen molar-refractivity contribution >= 4 is 22.0 Å². The summed E-state index contributed by atoms with van der Waals surface area (Å²) < 4.78 is 35.7. The summed E-state index contributed by atoms with van der Waals surface area (Å²) in [4.78, 5) is 13.1. The maximum Gasteiger partial charge on any atom is 0.262 e. The van der Waals surface area contributed by atoms with E-state index in [2.05, 4.69) is 12.2 Å². The molecule has 208 valence electrons. The number of piperidine rings is 1. The van der Waals surface area contributed by atoms with Gasteiger partial charge < -0.3 is 10.1 Å². The predicted octanol–water partition coefficient (Wildman–Crippen LogP) is 4.16. The van der Waals surface area contributed by atoms with Crippen LogP contribution in [0.25, 0.3) is 23.0 Å². The van der Waals surface area contributed by atoms with Crippen LogP contribution in [0.4, 0.5) is 0 Å². The number of benzene rings is 2. The Balaban J connectivity index is 1.50. The fraction of sp³-hybridized carbons (Fsp3) is 0.367. The third-order valence-electron chi connectivity index (χ3n) is 7.43. The maximum atomic E-state index is 13.5. The van der Waals surface area contributed by atoms with Gasteiger partial charge in [0.2, 0.25) is 10.0 Å². The number of nitriles is 1. The summed E-state index contributed by atoms with van der Waals surface area (Å²) >= 11 is 0. The van der Waals surface area contributed by atoms with Gasteiger partial charge in [0.25, 0.3) is 5.91 Å². The first-order valence-electron chi connectivity index (χ1n) is 13.6. The molecule has 0 bridgehead atoms. The molecule has 0 aliphatic carbocycles. The molecule has 5 rings (SSSR count). The summed E-state index contributed by atoms with van der Waals surface area (Å²) in [5, 5.41) is 17.4. The van der Waals surface area contributed by atoms with E-state index in [0.717, 1.165) is 31.4 Å². The summed E-state index contributed by atoms with van der Waals surface area (Å²) in [6.07, 6.45) is 6.68. The largest absolute Gasteiger partial charge is 0.376 e. The standard InChI is InChI=1S/C30H33N5O4S/c1-22-12-14-34(15-13-22)40(37,38)28-11-5-7-23(18-28)29-25(21-35(33-29)26-8-3-2-4-9-26)17-24(19-31)30(36)32-20-27-10-6-16-39-27/h2-5,7-9,11,17-18,21-22,27H,6,10,12-16,20H2,1H3,(H,32,36)/b24-17-/t27-/m1/s1. The molecule has 0 spiro atoms. The Labute approximate surface area is 235 Å². The molecule has 1 aromatic heterocycles. The molecule has 2 aliphatic rings. The molecule has 2 saturated heterocycles. The van der Waals surface area contributed by atoms with E-state index in [0.29, 0.717) is 49.0 Å². The zero-order valence-electron chi connectivity index (χ0n) is 22.5. The number of carbonyl (C=O) groups excluding carboxylic acids is 1. The van der Waals surface area contributed by atoms with Crippen molar-refractivity contribution in [1.29, 1.82) is 5.26 Å². The molecular weight excluding hydrogens is 526 g/mol. The Hall–Kier alpha value is -3.78. The summed E-state index contributed by atoms with van der Waals surface area (Å²) in [6.45, 7) is 4.15. The van der Waals surface area contributed by atoms with Gasteiger partial charge in [-0.15, -0.1) is 0 Å². The molecule has 0 unspecified atom stereocenters. The van der Waals surface area contributed by atoms with E-state index in [-0.39, 0.29) is 16.6 Å². The molecule has 2 aromatic carbocycles. The summed E-state index contributed by atoms with van der Waals surface area (Å²) in [5.74, 6) is 0.0124. The Kier molecular flexibility index (Phi) is 8.45. The number of nitrogens with zero attached hydrogens (tertiary/aromatic N) is 4. The molecule has 3 heterocycles. The third kappa shape index (κ3) is 6.17. The SMILES string of the molecule is CC1CCN(S(=O)(=O)c2cccc(-c3nn(-c4ccccc4)cc3/C=C(/C#N)C(=O)NC[C@H]3CCCO3)c2)CC1. The molecule has 40 heavy (non-hydrogen) atoms. The monoisotopic (exact) mass is 559 g/mol. The van der Waals surface area contributed by atoms with E-state index in [1.165, 1.54) is 6.08 Å². The van der Waals surface area contributed by atoms with Gasteiger partial charge in [-0.05, 0) is 61.9 Å². The highest BCUT2D eigenvalue weighted by Crippen LogP contribution is 2.30. The highest BCUT2D eigenvalue weighted by Gasteiger charge is 2.28. The second-order valence-corrected chi connectivity index (χ2v) is 12.3. The highest BCUT2D eigenvalue weighted by molar-refractivity contribution is 7.89. The van der Waals surface area contributed by atoms with Crippen LogP contribution in [0.5, 0.6) is 0 Å². The van der Waals surface area contributed by atoms with Gasteiger partial charge in [0.1, 0.15) is 17.3 Å². The Morgan fingerprint density at radius 1 is 1.15 bits per heavy atom. The fourth-order valence-electron chi connectivity index (χ4n) is 5.02. The lowest BCUT2D eigenvalue weighted by molar-refractivity contribution is -0.117. The topological polar surface area (TPSA) is 117 Å². The van der Waals surface area contributed by atoms with Crippen molar-refractivity contribution in [2.24, 2.45) is 5.92 Å². The minimum Gasteiger partial charge on any atom is -0.376 e. The Bertz CT molecular complexity index is 1530. The molecule has 1 N–H and O–H groups in total. The van der Waals surface area contributed by atoms with Crippen molar-refractivity contribution in [2.75, 3.05) is 26.2 Å². The number of para-hydroxylation sites is 1.